The number of carbonyl (C=O) groups excluding carboxylic acids is 1. The van der Waals surface area contributed by atoms with E-state index in [1.807, 2.05) is 26.0 Å². The fourth-order valence-electron chi connectivity index (χ4n) is 3.17. The van der Waals surface area contributed by atoms with Crippen LogP contribution in [0.15, 0.2) is 65.1 Å². The average molecular weight is 545 g/mol. The molecule has 0 bridgehead atoms. The van der Waals surface area contributed by atoms with Crippen LogP contribution in [0.5, 0.6) is 11.5 Å². The highest BCUT2D eigenvalue weighted by atomic mass is 35.5. The molecule has 36 heavy (non-hydrogen) atoms. The molecular weight excluding hydrogens is 523 g/mol. The molecule has 3 rings (SSSR count). The highest BCUT2D eigenvalue weighted by molar-refractivity contribution is 7.87. The Bertz CT molecular complexity index is 1480. The van der Waals surface area contributed by atoms with Crippen molar-refractivity contribution in [3.05, 3.63) is 86.9 Å². The van der Waals surface area contributed by atoms with Crippen LogP contribution in [-0.4, -0.2) is 20.9 Å². The minimum atomic E-state index is -4.24. The molecule has 0 saturated heterocycles. The Morgan fingerprint density at radius 1 is 1.11 bits per heavy atom. The van der Waals surface area contributed by atoms with Crippen LogP contribution in [-0.2, 0) is 14.9 Å². The zero-order valence-corrected chi connectivity index (χ0v) is 22.0. The minimum Gasteiger partial charge on any atom is -0.490 e. The van der Waals surface area contributed by atoms with Gasteiger partial charge < -0.3 is 14.2 Å². The number of nitrogens with zero attached hydrogens (tertiary/aromatic N) is 1. The van der Waals surface area contributed by atoms with Crippen LogP contribution in [0.2, 0.25) is 10.0 Å². The number of aryl methyl sites for hydroxylation is 1. The van der Waals surface area contributed by atoms with Crippen LogP contribution >= 0.6 is 23.2 Å². The van der Waals surface area contributed by atoms with Gasteiger partial charge in [-0.25, -0.2) is 0 Å². The summed E-state index contributed by atoms with van der Waals surface area (Å²) in [5.41, 5.74) is 2.62. The average Bonchev–Trinajstić information content (AvgIpc) is 2.83. The number of nitrogens with one attached hydrogen (secondary N) is 1. The molecule has 0 unspecified atom stereocenters. The first-order valence-corrected chi connectivity index (χ1v) is 12.9. The topological polar surface area (TPSA) is 105 Å². The van der Waals surface area contributed by atoms with Crippen molar-refractivity contribution in [2.75, 3.05) is 11.9 Å². The molecule has 0 radical (unpaired) electrons. The van der Waals surface area contributed by atoms with E-state index in [9.17, 15) is 18.5 Å². The largest absolute Gasteiger partial charge is 0.490 e. The van der Waals surface area contributed by atoms with Gasteiger partial charge in [-0.3, -0.25) is 4.79 Å². The van der Waals surface area contributed by atoms with Crippen molar-refractivity contribution < 1.29 is 22.1 Å². The third kappa shape index (κ3) is 6.38. The predicted octanol–water partition coefficient (Wildman–Crippen LogP) is 6.32. The van der Waals surface area contributed by atoms with Crippen LogP contribution < -0.4 is 14.2 Å². The number of halogens is 2. The highest BCUT2D eigenvalue weighted by Crippen LogP contribution is 2.39. The molecule has 3 aromatic carbocycles. The molecule has 0 fully saturated rings. The Labute approximate surface area is 220 Å². The number of carbonyl (C=O) groups is 1. The van der Waals surface area contributed by atoms with Crippen LogP contribution in [0.25, 0.3) is 6.08 Å². The Balaban J connectivity index is 1.95. The van der Waals surface area contributed by atoms with Gasteiger partial charge in [-0.05, 0) is 86.0 Å². The molecule has 0 spiro atoms. The summed E-state index contributed by atoms with van der Waals surface area (Å²) in [7, 11) is -4.24. The fourth-order valence-corrected chi connectivity index (χ4v) is 4.55. The number of benzene rings is 3. The summed E-state index contributed by atoms with van der Waals surface area (Å²) in [4.78, 5) is 12.6. The van der Waals surface area contributed by atoms with E-state index in [0.717, 1.165) is 11.1 Å². The molecule has 0 aliphatic heterocycles. The molecule has 0 saturated carbocycles. The van der Waals surface area contributed by atoms with Crippen molar-refractivity contribution >= 4 is 51.0 Å². The van der Waals surface area contributed by atoms with E-state index in [-0.39, 0.29) is 33.6 Å². The minimum absolute atomic E-state index is 0.0287. The van der Waals surface area contributed by atoms with E-state index in [1.165, 1.54) is 42.5 Å². The SMILES string of the molecule is CCOc1cc(/C=C(\C#N)C(=O)Nc2cccc(C)c2C)cc(Cl)c1OS(=O)(=O)c1ccc(Cl)cc1. The van der Waals surface area contributed by atoms with Gasteiger partial charge in [0.15, 0.2) is 5.75 Å². The molecule has 10 heteroatoms. The molecule has 0 aromatic heterocycles. The lowest BCUT2D eigenvalue weighted by molar-refractivity contribution is -0.112. The molecule has 3 aromatic rings. The van der Waals surface area contributed by atoms with Gasteiger partial charge in [0, 0.05) is 10.7 Å². The summed E-state index contributed by atoms with van der Waals surface area (Å²) in [6, 6.07) is 15.6. The zero-order valence-electron chi connectivity index (χ0n) is 19.6. The summed E-state index contributed by atoms with van der Waals surface area (Å²) in [5, 5.41) is 12.6. The highest BCUT2D eigenvalue weighted by Gasteiger charge is 2.23. The van der Waals surface area contributed by atoms with E-state index < -0.39 is 16.0 Å². The van der Waals surface area contributed by atoms with E-state index in [0.29, 0.717) is 16.3 Å². The molecule has 0 heterocycles. The second-order valence-electron chi connectivity index (χ2n) is 7.63. The van der Waals surface area contributed by atoms with Gasteiger partial charge in [-0.2, -0.15) is 13.7 Å². The monoisotopic (exact) mass is 544 g/mol. The number of hydrogen-bond donors (Lipinski definition) is 1. The number of nitriles is 1. The lowest BCUT2D eigenvalue weighted by Crippen LogP contribution is -2.14. The molecule has 1 N–H and O–H groups in total. The number of rotatable bonds is 8. The number of hydrogen-bond acceptors (Lipinski definition) is 6. The number of amides is 1. The summed E-state index contributed by atoms with van der Waals surface area (Å²) in [6.45, 7) is 5.66. The first-order valence-electron chi connectivity index (χ1n) is 10.7. The van der Waals surface area contributed by atoms with Gasteiger partial charge in [0.1, 0.15) is 16.5 Å². The second-order valence-corrected chi connectivity index (χ2v) is 10.0. The molecule has 0 atom stereocenters. The van der Waals surface area contributed by atoms with Crippen molar-refractivity contribution in [1.82, 2.24) is 0 Å². The van der Waals surface area contributed by atoms with E-state index in [1.54, 1.807) is 19.1 Å². The molecule has 1 amide bonds. The van der Waals surface area contributed by atoms with E-state index in [4.69, 9.17) is 32.1 Å². The van der Waals surface area contributed by atoms with Crippen molar-refractivity contribution in [2.24, 2.45) is 0 Å². The Kier molecular flexibility index (Phi) is 8.64. The first-order chi connectivity index (χ1) is 17.1. The van der Waals surface area contributed by atoms with Gasteiger partial charge in [-0.1, -0.05) is 35.3 Å². The summed E-state index contributed by atoms with van der Waals surface area (Å²) < 4.78 is 36.4. The summed E-state index contributed by atoms with van der Waals surface area (Å²) >= 11 is 12.2. The third-order valence-corrected chi connectivity index (χ3v) is 6.92. The van der Waals surface area contributed by atoms with Crippen LogP contribution in [0, 0.1) is 25.2 Å². The van der Waals surface area contributed by atoms with Gasteiger partial charge in [-0.15, -0.1) is 0 Å². The molecular formula is C26H22Cl2N2O5S. The first kappa shape index (κ1) is 27.1. The van der Waals surface area contributed by atoms with Crippen molar-refractivity contribution in [3.8, 4) is 17.6 Å². The Morgan fingerprint density at radius 3 is 2.44 bits per heavy atom. The maximum absolute atomic E-state index is 12.8. The second kappa shape index (κ2) is 11.5. The van der Waals surface area contributed by atoms with E-state index >= 15 is 0 Å². The zero-order chi connectivity index (χ0) is 26.5. The van der Waals surface area contributed by atoms with Gasteiger partial charge in [0.25, 0.3) is 5.91 Å². The third-order valence-electron chi connectivity index (χ3n) is 5.16. The molecule has 0 aliphatic rings. The van der Waals surface area contributed by atoms with Gasteiger partial charge in [0.05, 0.1) is 11.6 Å². The van der Waals surface area contributed by atoms with Gasteiger partial charge in [0.2, 0.25) is 5.75 Å². The fraction of sp³-hybridized carbons (Fsp3) is 0.154. The molecule has 0 aliphatic carbocycles. The maximum Gasteiger partial charge on any atom is 0.339 e. The summed E-state index contributed by atoms with van der Waals surface area (Å²) in [6.07, 6.45) is 1.33. The van der Waals surface area contributed by atoms with Gasteiger partial charge >= 0.3 is 10.1 Å². The molecule has 7 nitrogen and oxygen atoms in total. The van der Waals surface area contributed by atoms with Crippen molar-refractivity contribution in [2.45, 2.75) is 25.7 Å². The standard InChI is InChI=1S/C26H22Cl2N2O5S/c1-4-34-24-14-18(12-19(15-29)26(31)30-23-7-5-6-16(2)17(23)3)13-22(28)25(24)35-36(32,33)21-10-8-20(27)9-11-21/h5-14H,4H2,1-3H3,(H,30,31)/b19-12+. The van der Waals surface area contributed by atoms with E-state index in [2.05, 4.69) is 5.32 Å². The maximum atomic E-state index is 12.8. The predicted molar refractivity (Wildman–Crippen MR) is 140 cm³/mol. The van der Waals surface area contributed by atoms with Crippen LogP contribution in [0.1, 0.15) is 23.6 Å². The quantitative estimate of drug-likeness (QED) is 0.202. The van der Waals surface area contributed by atoms with Crippen molar-refractivity contribution in [3.63, 3.8) is 0 Å². The molecule has 186 valence electrons. The normalized spacial score (nSPS) is 11.5. The summed E-state index contributed by atoms with van der Waals surface area (Å²) in [5.74, 6) is -0.795. The number of anilines is 1. The van der Waals surface area contributed by atoms with Crippen LogP contribution in [0.3, 0.4) is 0 Å². The lowest BCUT2D eigenvalue weighted by atomic mass is 10.1. The van der Waals surface area contributed by atoms with Crippen LogP contribution in [0.4, 0.5) is 5.69 Å². The lowest BCUT2D eigenvalue weighted by Gasteiger charge is -2.14. The Hall–Kier alpha value is -3.51. The smallest absolute Gasteiger partial charge is 0.339 e. The van der Waals surface area contributed by atoms with Crippen molar-refractivity contribution in [1.29, 1.82) is 5.26 Å². The Morgan fingerprint density at radius 2 is 1.81 bits per heavy atom. The number of ether oxygens (including phenoxy) is 1.